The molecule has 0 atom stereocenters. The van der Waals surface area contributed by atoms with Crippen molar-refractivity contribution in [2.45, 2.75) is 12.8 Å². The van der Waals surface area contributed by atoms with E-state index in [-0.39, 0.29) is 17.7 Å². The van der Waals surface area contributed by atoms with Crippen molar-refractivity contribution in [1.82, 2.24) is 9.80 Å². The van der Waals surface area contributed by atoms with Crippen LogP contribution in [0.2, 0.25) is 5.02 Å². The topological polar surface area (TPSA) is 43.9 Å². The van der Waals surface area contributed by atoms with Crippen LogP contribution in [0.1, 0.15) is 18.4 Å². The number of hydrogen-bond donors (Lipinski definition) is 0. The van der Waals surface area contributed by atoms with Crippen molar-refractivity contribution in [3.63, 3.8) is 0 Å². The van der Waals surface area contributed by atoms with E-state index in [1.807, 2.05) is 70.5 Å². The highest BCUT2D eigenvalue weighted by atomic mass is 35.5. The molecular weight excluding hydrogens is 410 g/mol. The number of anilines is 1. The Morgan fingerprint density at radius 3 is 2.13 bits per heavy atom. The van der Waals surface area contributed by atoms with Crippen molar-refractivity contribution in [3.05, 3.63) is 71.3 Å². The third-order valence-electron chi connectivity index (χ3n) is 6.16. The number of amides is 2. The van der Waals surface area contributed by atoms with E-state index in [1.54, 1.807) is 6.08 Å². The fraction of sp³-hybridized carbons (Fsp3) is 0.360. The summed E-state index contributed by atoms with van der Waals surface area (Å²) in [5.41, 5.74) is 2.04. The molecule has 0 spiro atoms. The van der Waals surface area contributed by atoms with Gasteiger partial charge in [0.15, 0.2) is 0 Å². The molecule has 2 aliphatic heterocycles. The summed E-state index contributed by atoms with van der Waals surface area (Å²) in [6, 6.07) is 17.7. The summed E-state index contributed by atoms with van der Waals surface area (Å²) in [6.07, 6.45) is 4.94. The zero-order valence-electron chi connectivity index (χ0n) is 17.6. The molecule has 2 aromatic rings. The molecule has 2 aliphatic rings. The molecule has 2 heterocycles. The van der Waals surface area contributed by atoms with Gasteiger partial charge in [0.05, 0.1) is 10.7 Å². The standard InChI is InChI=1S/C25H28ClN3O2/c26-22-8-4-5-9-23(22)27-16-18-29(19-17-27)25(31)21-12-14-28(15-13-21)24(30)11-10-20-6-2-1-3-7-20/h1-11,21H,12-19H2. The Balaban J connectivity index is 1.25. The SMILES string of the molecule is O=C(C=Cc1ccccc1)N1CCC(C(=O)N2CCN(c3ccccc3Cl)CC2)CC1. The maximum absolute atomic E-state index is 13.0. The molecule has 0 bridgehead atoms. The second-order valence-corrected chi connectivity index (χ2v) is 8.51. The van der Waals surface area contributed by atoms with Gasteiger partial charge in [-0.05, 0) is 36.6 Å². The van der Waals surface area contributed by atoms with Crippen LogP contribution in [0.5, 0.6) is 0 Å². The Labute approximate surface area is 188 Å². The molecule has 2 aromatic carbocycles. The monoisotopic (exact) mass is 437 g/mol. The molecule has 2 amide bonds. The van der Waals surface area contributed by atoms with Crippen LogP contribution < -0.4 is 4.90 Å². The second kappa shape index (κ2) is 10.0. The van der Waals surface area contributed by atoms with Crippen molar-refractivity contribution in [2.75, 3.05) is 44.2 Å². The number of rotatable bonds is 4. The van der Waals surface area contributed by atoms with Gasteiger partial charge in [-0.25, -0.2) is 0 Å². The number of para-hydroxylation sites is 1. The fourth-order valence-corrected chi connectivity index (χ4v) is 4.57. The molecule has 2 saturated heterocycles. The molecule has 162 valence electrons. The molecule has 0 saturated carbocycles. The molecule has 5 nitrogen and oxygen atoms in total. The largest absolute Gasteiger partial charge is 0.367 e. The highest BCUT2D eigenvalue weighted by Crippen LogP contribution is 2.27. The number of carbonyl (C=O) groups is 2. The highest BCUT2D eigenvalue weighted by Gasteiger charge is 2.31. The molecule has 0 N–H and O–H groups in total. The Morgan fingerprint density at radius 1 is 0.806 bits per heavy atom. The lowest BCUT2D eigenvalue weighted by Crippen LogP contribution is -2.52. The lowest BCUT2D eigenvalue weighted by Gasteiger charge is -2.39. The number of halogens is 1. The third-order valence-corrected chi connectivity index (χ3v) is 6.48. The zero-order valence-corrected chi connectivity index (χ0v) is 18.4. The number of piperazine rings is 1. The Hall–Kier alpha value is -2.79. The van der Waals surface area contributed by atoms with Gasteiger partial charge >= 0.3 is 0 Å². The molecule has 2 fully saturated rings. The summed E-state index contributed by atoms with van der Waals surface area (Å²) in [4.78, 5) is 31.6. The summed E-state index contributed by atoms with van der Waals surface area (Å²) in [5, 5.41) is 0.751. The summed E-state index contributed by atoms with van der Waals surface area (Å²) in [7, 11) is 0. The van der Waals surface area contributed by atoms with E-state index < -0.39 is 0 Å². The minimum Gasteiger partial charge on any atom is -0.367 e. The maximum atomic E-state index is 13.0. The molecule has 4 rings (SSSR count). The summed E-state index contributed by atoms with van der Waals surface area (Å²) >= 11 is 6.32. The van der Waals surface area contributed by atoms with Gasteiger partial charge in [-0.1, -0.05) is 54.1 Å². The van der Waals surface area contributed by atoms with E-state index in [1.165, 1.54) is 0 Å². The lowest BCUT2D eigenvalue weighted by atomic mass is 9.95. The van der Waals surface area contributed by atoms with E-state index in [0.717, 1.165) is 42.2 Å². The quantitative estimate of drug-likeness (QED) is 0.680. The number of nitrogens with zero attached hydrogens (tertiary/aromatic N) is 3. The van der Waals surface area contributed by atoms with Gasteiger partial charge in [-0.2, -0.15) is 0 Å². The number of hydrogen-bond acceptors (Lipinski definition) is 3. The van der Waals surface area contributed by atoms with Gasteiger partial charge in [0, 0.05) is 51.3 Å². The smallest absolute Gasteiger partial charge is 0.246 e. The normalized spacial score (nSPS) is 17.9. The van der Waals surface area contributed by atoms with Crippen molar-refractivity contribution >= 4 is 35.2 Å². The van der Waals surface area contributed by atoms with Gasteiger partial charge in [-0.15, -0.1) is 0 Å². The molecular formula is C25H28ClN3O2. The van der Waals surface area contributed by atoms with Crippen LogP contribution in [0.3, 0.4) is 0 Å². The number of piperidine rings is 1. The van der Waals surface area contributed by atoms with E-state index in [0.29, 0.717) is 26.2 Å². The molecule has 31 heavy (non-hydrogen) atoms. The van der Waals surface area contributed by atoms with E-state index in [4.69, 9.17) is 11.6 Å². The number of likely N-dealkylation sites (tertiary alicyclic amines) is 1. The van der Waals surface area contributed by atoms with Gasteiger partial charge in [0.2, 0.25) is 11.8 Å². The molecule has 0 radical (unpaired) electrons. The third kappa shape index (κ3) is 5.28. The molecule has 0 aromatic heterocycles. The fourth-order valence-electron chi connectivity index (χ4n) is 4.32. The zero-order chi connectivity index (χ0) is 21.6. The van der Waals surface area contributed by atoms with Gasteiger partial charge in [-0.3, -0.25) is 9.59 Å². The van der Waals surface area contributed by atoms with Crippen LogP contribution >= 0.6 is 11.6 Å². The predicted octanol–water partition coefficient (Wildman–Crippen LogP) is 3.94. The first kappa shape index (κ1) is 21.4. The number of benzene rings is 2. The van der Waals surface area contributed by atoms with Crippen molar-refractivity contribution in [1.29, 1.82) is 0 Å². The Bertz CT molecular complexity index is 931. The molecule has 6 heteroatoms. The highest BCUT2D eigenvalue weighted by molar-refractivity contribution is 6.33. The van der Waals surface area contributed by atoms with Crippen LogP contribution in [0, 0.1) is 5.92 Å². The van der Waals surface area contributed by atoms with E-state index >= 15 is 0 Å². The summed E-state index contributed by atoms with van der Waals surface area (Å²) < 4.78 is 0. The predicted molar refractivity (Wildman–Crippen MR) is 125 cm³/mol. The van der Waals surface area contributed by atoms with Gasteiger partial charge in [0.25, 0.3) is 0 Å². The second-order valence-electron chi connectivity index (χ2n) is 8.11. The molecule has 0 aliphatic carbocycles. The van der Waals surface area contributed by atoms with Crippen LogP contribution in [0.4, 0.5) is 5.69 Å². The average Bonchev–Trinajstić information content (AvgIpc) is 2.83. The average molecular weight is 438 g/mol. The van der Waals surface area contributed by atoms with E-state index in [2.05, 4.69) is 4.90 Å². The Kier molecular flexibility index (Phi) is 6.92. The first-order chi connectivity index (χ1) is 15.1. The van der Waals surface area contributed by atoms with Gasteiger partial charge < -0.3 is 14.7 Å². The van der Waals surface area contributed by atoms with Crippen molar-refractivity contribution in [3.8, 4) is 0 Å². The first-order valence-electron chi connectivity index (χ1n) is 10.9. The van der Waals surface area contributed by atoms with E-state index in [9.17, 15) is 9.59 Å². The van der Waals surface area contributed by atoms with Gasteiger partial charge in [0.1, 0.15) is 0 Å². The van der Waals surface area contributed by atoms with Crippen LogP contribution in [0.25, 0.3) is 6.08 Å². The van der Waals surface area contributed by atoms with Crippen LogP contribution in [-0.2, 0) is 9.59 Å². The Morgan fingerprint density at radius 2 is 1.45 bits per heavy atom. The van der Waals surface area contributed by atoms with Crippen molar-refractivity contribution < 1.29 is 9.59 Å². The van der Waals surface area contributed by atoms with Crippen LogP contribution in [-0.4, -0.2) is 60.9 Å². The van der Waals surface area contributed by atoms with Crippen LogP contribution in [0.15, 0.2) is 60.7 Å². The lowest BCUT2D eigenvalue weighted by molar-refractivity contribution is -0.139. The minimum atomic E-state index is 0.00835. The summed E-state index contributed by atoms with van der Waals surface area (Å²) in [5.74, 6) is 0.253. The number of carbonyl (C=O) groups excluding carboxylic acids is 2. The first-order valence-corrected chi connectivity index (χ1v) is 11.3. The summed E-state index contributed by atoms with van der Waals surface area (Å²) in [6.45, 7) is 4.27. The minimum absolute atomic E-state index is 0.00835. The molecule has 0 unspecified atom stereocenters. The van der Waals surface area contributed by atoms with Crippen molar-refractivity contribution in [2.24, 2.45) is 5.92 Å². The maximum Gasteiger partial charge on any atom is 0.246 e.